The van der Waals surface area contributed by atoms with Gasteiger partial charge >= 0.3 is 0 Å². The van der Waals surface area contributed by atoms with Gasteiger partial charge in [0.05, 0.1) is 22.5 Å². The first-order valence-electron chi connectivity index (χ1n) is 8.68. The normalized spacial score (nSPS) is 16.2. The number of nitrogens with one attached hydrogen (secondary N) is 1. The third kappa shape index (κ3) is 2.63. The molecule has 0 atom stereocenters. The van der Waals surface area contributed by atoms with Gasteiger partial charge in [-0.25, -0.2) is 0 Å². The van der Waals surface area contributed by atoms with Crippen LogP contribution in [-0.2, 0) is 0 Å². The molecule has 0 bridgehead atoms. The maximum absolute atomic E-state index is 12.7. The van der Waals surface area contributed by atoms with Gasteiger partial charge in [0.2, 0.25) is 0 Å². The lowest BCUT2D eigenvalue weighted by molar-refractivity contribution is 0.0693. The zero-order valence-corrected chi connectivity index (χ0v) is 14.5. The third-order valence-electron chi connectivity index (χ3n) is 4.95. The Morgan fingerprint density at radius 2 is 1.65 bits per heavy atom. The zero-order chi connectivity index (χ0) is 18.3. The number of anilines is 2. The molecule has 132 valence electrons. The predicted molar refractivity (Wildman–Crippen MR) is 98.7 cm³/mol. The van der Waals surface area contributed by atoms with Crippen LogP contribution in [0, 0.1) is 0 Å². The minimum absolute atomic E-state index is 0.276. The molecule has 1 fully saturated rings. The lowest BCUT2D eigenvalue weighted by Crippen LogP contribution is -2.24. The van der Waals surface area contributed by atoms with Crippen LogP contribution >= 0.6 is 0 Å². The van der Waals surface area contributed by atoms with Gasteiger partial charge in [-0.2, -0.15) is 0 Å². The summed E-state index contributed by atoms with van der Waals surface area (Å²) >= 11 is 0. The van der Waals surface area contributed by atoms with Crippen LogP contribution in [0.1, 0.15) is 43.9 Å². The first kappa shape index (κ1) is 16.3. The third-order valence-corrected chi connectivity index (χ3v) is 4.95. The number of imide groups is 1. The van der Waals surface area contributed by atoms with E-state index in [9.17, 15) is 14.4 Å². The molecule has 2 aromatic carbocycles. The number of fused-ring (bicyclic) bond motifs is 1. The number of para-hydroxylation sites is 2. The van der Waals surface area contributed by atoms with Crippen molar-refractivity contribution in [3.63, 3.8) is 0 Å². The molecular formula is C20H19N3O3. The van der Waals surface area contributed by atoms with Crippen LogP contribution in [0.4, 0.5) is 11.4 Å². The highest BCUT2D eigenvalue weighted by molar-refractivity contribution is 6.22. The summed E-state index contributed by atoms with van der Waals surface area (Å²) in [6.45, 7) is 1.96. The van der Waals surface area contributed by atoms with E-state index in [1.165, 1.54) is 13.1 Å². The fourth-order valence-electron chi connectivity index (χ4n) is 3.51. The number of nitrogens with zero attached hydrogens (tertiary/aromatic N) is 2. The molecule has 2 aromatic rings. The SMILES string of the molecule is CN1C(=O)c2ccc(C(=O)Nc3ccccc3N3CCCC3)cc2C1=O. The molecule has 4 rings (SSSR count). The Labute approximate surface area is 151 Å². The van der Waals surface area contributed by atoms with Crippen molar-refractivity contribution in [3.8, 4) is 0 Å². The van der Waals surface area contributed by atoms with E-state index in [0.29, 0.717) is 11.1 Å². The van der Waals surface area contributed by atoms with Crippen LogP contribution in [0.2, 0.25) is 0 Å². The first-order valence-corrected chi connectivity index (χ1v) is 8.68. The van der Waals surface area contributed by atoms with Crippen molar-refractivity contribution in [3.05, 3.63) is 59.2 Å². The maximum Gasteiger partial charge on any atom is 0.261 e. The van der Waals surface area contributed by atoms with E-state index in [1.807, 2.05) is 24.3 Å². The van der Waals surface area contributed by atoms with Gasteiger partial charge in [0.1, 0.15) is 0 Å². The molecule has 0 saturated carbocycles. The Balaban J connectivity index is 1.61. The van der Waals surface area contributed by atoms with Crippen molar-refractivity contribution in [2.24, 2.45) is 0 Å². The van der Waals surface area contributed by atoms with Gasteiger partial charge in [-0.15, -0.1) is 0 Å². The van der Waals surface area contributed by atoms with E-state index < -0.39 is 0 Å². The molecule has 26 heavy (non-hydrogen) atoms. The highest BCUT2D eigenvalue weighted by Crippen LogP contribution is 2.29. The standard InChI is InChI=1S/C20H19N3O3/c1-22-19(25)14-9-8-13(12-15(14)20(22)26)18(24)21-16-6-2-3-7-17(16)23-10-4-5-11-23/h2-3,6-9,12H,4-5,10-11H2,1H3,(H,21,24). The second kappa shape index (κ2) is 6.29. The fourth-order valence-corrected chi connectivity index (χ4v) is 3.51. The number of hydrogen-bond acceptors (Lipinski definition) is 4. The van der Waals surface area contributed by atoms with E-state index in [-0.39, 0.29) is 23.3 Å². The number of amides is 3. The predicted octanol–water partition coefficient (Wildman–Crippen LogP) is 2.76. The summed E-state index contributed by atoms with van der Waals surface area (Å²) in [6.07, 6.45) is 2.30. The van der Waals surface area contributed by atoms with Crippen molar-refractivity contribution in [2.75, 3.05) is 30.4 Å². The zero-order valence-electron chi connectivity index (χ0n) is 14.5. The summed E-state index contributed by atoms with van der Waals surface area (Å²) in [5, 5.41) is 2.94. The van der Waals surface area contributed by atoms with Gasteiger partial charge in [-0.3, -0.25) is 19.3 Å². The number of carbonyl (C=O) groups is 3. The molecule has 2 aliphatic rings. The Bertz CT molecular complexity index is 916. The van der Waals surface area contributed by atoms with Gasteiger partial charge in [0, 0.05) is 25.7 Å². The highest BCUT2D eigenvalue weighted by Gasteiger charge is 2.33. The maximum atomic E-state index is 12.7. The van der Waals surface area contributed by atoms with E-state index in [2.05, 4.69) is 10.2 Å². The first-order chi connectivity index (χ1) is 12.6. The number of hydrogen-bond donors (Lipinski definition) is 1. The van der Waals surface area contributed by atoms with Gasteiger partial charge in [0.25, 0.3) is 17.7 Å². The summed E-state index contributed by atoms with van der Waals surface area (Å²) in [4.78, 5) is 40.1. The monoisotopic (exact) mass is 349 g/mol. The fraction of sp³-hybridized carbons (Fsp3) is 0.250. The molecule has 6 nitrogen and oxygen atoms in total. The molecule has 2 heterocycles. The van der Waals surface area contributed by atoms with Crippen LogP contribution in [0.3, 0.4) is 0 Å². The van der Waals surface area contributed by atoms with Gasteiger partial charge in [-0.05, 0) is 43.2 Å². The number of rotatable bonds is 3. The average molecular weight is 349 g/mol. The molecule has 6 heteroatoms. The summed E-state index contributed by atoms with van der Waals surface area (Å²) in [5.41, 5.74) is 2.73. The number of benzene rings is 2. The van der Waals surface area contributed by atoms with Crippen molar-refractivity contribution in [2.45, 2.75) is 12.8 Å². The minimum atomic E-state index is -0.378. The molecule has 0 radical (unpaired) electrons. The van der Waals surface area contributed by atoms with Crippen LogP contribution < -0.4 is 10.2 Å². The molecule has 0 aromatic heterocycles. The van der Waals surface area contributed by atoms with Crippen LogP contribution in [-0.4, -0.2) is 42.8 Å². The highest BCUT2D eigenvalue weighted by atomic mass is 16.2. The Kier molecular flexibility index (Phi) is 3.95. The second-order valence-corrected chi connectivity index (χ2v) is 6.60. The molecule has 0 aliphatic carbocycles. The molecule has 3 amide bonds. The summed E-state index contributed by atoms with van der Waals surface area (Å²) < 4.78 is 0. The van der Waals surface area contributed by atoms with E-state index in [1.54, 1.807) is 12.1 Å². The van der Waals surface area contributed by atoms with Crippen molar-refractivity contribution < 1.29 is 14.4 Å². The minimum Gasteiger partial charge on any atom is -0.370 e. The van der Waals surface area contributed by atoms with E-state index >= 15 is 0 Å². The second-order valence-electron chi connectivity index (χ2n) is 6.60. The molecule has 1 saturated heterocycles. The Hall–Kier alpha value is -3.15. The van der Waals surface area contributed by atoms with Crippen LogP contribution in [0.25, 0.3) is 0 Å². The van der Waals surface area contributed by atoms with E-state index in [4.69, 9.17) is 0 Å². The number of carbonyl (C=O) groups excluding carboxylic acids is 3. The smallest absolute Gasteiger partial charge is 0.261 e. The molecule has 1 N–H and O–H groups in total. The van der Waals surface area contributed by atoms with Gasteiger partial charge < -0.3 is 10.2 Å². The molecule has 0 spiro atoms. The van der Waals surface area contributed by atoms with Crippen LogP contribution in [0.15, 0.2) is 42.5 Å². The Morgan fingerprint density at radius 3 is 2.42 bits per heavy atom. The molecular weight excluding hydrogens is 330 g/mol. The summed E-state index contributed by atoms with van der Waals surface area (Å²) in [6, 6.07) is 12.3. The largest absolute Gasteiger partial charge is 0.370 e. The van der Waals surface area contributed by atoms with E-state index in [0.717, 1.165) is 42.2 Å². The summed E-state index contributed by atoms with van der Waals surface area (Å²) in [7, 11) is 1.44. The van der Waals surface area contributed by atoms with Crippen molar-refractivity contribution >= 4 is 29.1 Å². The average Bonchev–Trinajstić information content (AvgIpc) is 3.26. The van der Waals surface area contributed by atoms with Gasteiger partial charge in [-0.1, -0.05) is 12.1 Å². The summed E-state index contributed by atoms with van der Waals surface area (Å²) in [5.74, 6) is -1.01. The quantitative estimate of drug-likeness (QED) is 0.865. The topological polar surface area (TPSA) is 69.7 Å². The lowest BCUT2D eigenvalue weighted by Gasteiger charge is -2.21. The lowest BCUT2D eigenvalue weighted by atomic mass is 10.1. The molecule has 2 aliphatic heterocycles. The van der Waals surface area contributed by atoms with Crippen molar-refractivity contribution in [1.29, 1.82) is 0 Å². The van der Waals surface area contributed by atoms with Crippen molar-refractivity contribution in [1.82, 2.24) is 4.90 Å². The van der Waals surface area contributed by atoms with Gasteiger partial charge in [0.15, 0.2) is 0 Å². The molecule has 0 unspecified atom stereocenters. The Morgan fingerprint density at radius 1 is 0.962 bits per heavy atom. The van der Waals surface area contributed by atoms with Crippen LogP contribution in [0.5, 0.6) is 0 Å².